The molecule has 80 valence electrons. The van der Waals surface area contributed by atoms with Crippen LogP contribution in [0.2, 0.25) is 0 Å². The molecule has 0 radical (unpaired) electrons. The second-order valence-corrected chi connectivity index (χ2v) is 5.49. The summed E-state index contributed by atoms with van der Waals surface area (Å²) in [5.41, 5.74) is 1.27. The van der Waals surface area contributed by atoms with Gasteiger partial charge >= 0.3 is 0 Å². The van der Waals surface area contributed by atoms with Crippen LogP contribution < -0.4 is 10.2 Å². The zero-order valence-corrected chi connectivity index (χ0v) is 10.6. The smallest absolute Gasteiger partial charge is 0.101 e. The zero-order valence-electron chi connectivity index (χ0n) is 8.49. The van der Waals surface area contributed by atoms with Gasteiger partial charge in [0.25, 0.3) is 0 Å². The fraction of sp³-hybridized carbons (Fsp3) is 0.545. The molecule has 0 aliphatic carbocycles. The monoisotopic (exact) mass is 315 g/mol. The topological polar surface area (TPSA) is 28.2 Å². The molecule has 1 N–H and O–H groups in total. The third kappa shape index (κ3) is 1.97. The van der Waals surface area contributed by atoms with Crippen molar-refractivity contribution in [2.24, 2.45) is 0 Å². The summed E-state index contributed by atoms with van der Waals surface area (Å²) >= 11 is 2.25. The summed E-state index contributed by atoms with van der Waals surface area (Å²) in [4.78, 5) is 6.81. The van der Waals surface area contributed by atoms with Crippen molar-refractivity contribution in [3.05, 3.63) is 22.0 Å². The lowest BCUT2D eigenvalue weighted by molar-refractivity contribution is 0.465. The Hall–Kier alpha value is -0.360. The Morgan fingerprint density at radius 1 is 1.27 bits per heavy atom. The van der Waals surface area contributed by atoms with E-state index in [1.54, 1.807) is 0 Å². The average Bonchev–Trinajstić information content (AvgIpc) is 2.59. The van der Waals surface area contributed by atoms with Crippen molar-refractivity contribution in [2.45, 2.75) is 24.9 Å². The minimum absolute atomic E-state index is 0.697. The molecule has 15 heavy (non-hydrogen) atoms. The van der Waals surface area contributed by atoms with Gasteiger partial charge in [0.05, 0.1) is 11.9 Å². The number of hydrogen-bond donors (Lipinski definition) is 1. The lowest BCUT2D eigenvalue weighted by Gasteiger charge is -2.34. The number of nitrogens with one attached hydrogen (secondary N) is 1. The van der Waals surface area contributed by atoms with Gasteiger partial charge in [-0.15, -0.1) is 0 Å². The summed E-state index contributed by atoms with van der Waals surface area (Å²) in [6.07, 6.45) is 4.66. The number of aromatic nitrogens is 1. The molecule has 0 saturated carbocycles. The maximum atomic E-state index is 4.35. The molecule has 2 fully saturated rings. The summed E-state index contributed by atoms with van der Waals surface area (Å²) in [6, 6.07) is 5.66. The lowest BCUT2D eigenvalue weighted by atomic mass is 10.2. The third-order valence-corrected chi connectivity index (χ3v) is 3.93. The molecule has 4 heteroatoms. The zero-order chi connectivity index (χ0) is 10.3. The van der Waals surface area contributed by atoms with Crippen LogP contribution in [0.5, 0.6) is 0 Å². The van der Waals surface area contributed by atoms with Crippen LogP contribution in [0.3, 0.4) is 0 Å². The van der Waals surface area contributed by atoms with Crippen LogP contribution >= 0.6 is 22.6 Å². The Kier molecular flexibility index (Phi) is 2.56. The highest BCUT2D eigenvalue weighted by Crippen LogP contribution is 2.24. The summed E-state index contributed by atoms with van der Waals surface area (Å²) < 4.78 is 1.06. The standard InChI is InChI=1S/C11H14IN3/c12-11-4-3-10(5-13-11)15-6-8-1-2-9(7-15)14-8/h3-5,8-9,14H,1-2,6-7H2. The van der Waals surface area contributed by atoms with Crippen LogP contribution in [0.25, 0.3) is 0 Å². The number of piperazine rings is 1. The number of fused-ring (bicyclic) bond motifs is 2. The van der Waals surface area contributed by atoms with Gasteiger partial charge in [0, 0.05) is 25.2 Å². The summed E-state index contributed by atoms with van der Waals surface area (Å²) in [5.74, 6) is 0. The van der Waals surface area contributed by atoms with Gasteiger partial charge in [0.2, 0.25) is 0 Å². The van der Waals surface area contributed by atoms with Crippen molar-refractivity contribution in [1.82, 2.24) is 10.3 Å². The molecule has 2 unspecified atom stereocenters. The van der Waals surface area contributed by atoms with E-state index in [1.807, 2.05) is 6.20 Å². The first-order valence-corrected chi connectivity index (χ1v) is 6.52. The van der Waals surface area contributed by atoms with E-state index in [-0.39, 0.29) is 0 Å². The average molecular weight is 315 g/mol. The van der Waals surface area contributed by atoms with Crippen molar-refractivity contribution in [3.63, 3.8) is 0 Å². The first-order chi connectivity index (χ1) is 7.31. The van der Waals surface area contributed by atoms with E-state index in [9.17, 15) is 0 Å². The molecule has 3 heterocycles. The Morgan fingerprint density at radius 3 is 2.60 bits per heavy atom. The van der Waals surface area contributed by atoms with E-state index in [0.29, 0.717) is 12.1 Å². The summed E-state index contributed by atoms with van der Waals surface area (Å²) in [5, 5.41) is 3.64. The van der Waals surface area contributed by atoms with Gasteiger partial charge in [-0.2, -0.15) is 0 Å². The van der Waals surface area contributed by atoms with Crippen LogP contribution in [0.4, 0.5) is 5.69 Å². The molecule has 0 spiro atoms. The quantitative estimate of drug-likeness (QED) is 0.631. The van der Waals surface area contributed by atoms with Crippen molar-refractivity contribution in [1.29, 1.82) is 0 Å². The van der Waals surface area contributed by atoms with E-state index in [2.05, 4.69) is 49.9 Å². The summed E-state index contributed by atoms with van der Waals surface area (Å²) in [6.45, 7) is 2.28. The van der Waals surface area contributed by atoms with E-state index in [0.717, 1.165) is 16.8 Å². The molecule has 3 nitrogen and oxygen atoms in total. The molecule has 3 rings (SSSR count). The van der Waals surface area contributed by atoms with Crippen molar-refractivity contribution < 1.29 is 0 Å². The highest BCUT2D eigenvalue weighted by molar-refractivity contribution is 14.1. The van der Waals surface area contributed by atoms with Gasteiger partial charge in [-0.1, -0.05) is 0 Å². The Balaban J connectivity index is 1.80. The van der Waals surface area contributed by atoms with E-state index < -0.39 is 0 Å². The highest BCUT2D eigenvalue weighted by atomic mass is 127. The van der Waals surface area contributed by atoms with Crippen molar-refractivity contribution in [2.75, 3.05) is 18.0 Å². The predicted molar refractivity (Wildman–Crippen MR) is 69.1 cm³/mol. The molecule has 2 atom stereocenters. The first kappa shape index (κ1) is 9.84. The van der Waals surface area contributed by atoms with Gasteiger partial charge in [-0.25, -0.2) is 4.98 Å². The fourth-order valence-corrected chi connectivity index (χ4v) is 2.88. The Morgan fingerprint density at radius 2 is 2.00 bits per heavy atom. The minimum atomic E-state index is 0.697. The lowest BCUT2D eigenvalue weighted by Crippen LogP contribution is -2.51. The number of halogens is 1. The fourth-order valence-electron chi connectivity index (χ4n) is 2.56. The van der Waals surface area contributed by atoms with Crippen molar-refractivity contribution in [3.8, 4) is 0 Å². The molecule has 2 bridgehead atoms. The van der Waals surface area contributed by atoms with Crippen LogP contribution in [0, 0.1) is 3.70 Å². The Labute approximate surface area is 103 Å². The second kappa shape index (κ2) is 3.90. The maximum Gasteiger partial charge on any atom is 0.101 e. The maximum absolute atomic E-state index is 4.35. The van der Waals surface area contributed by atoms with Gasteiger partial charge < -0.3 is 10.2 Å². The number of nitrogens with zero attached hydrogens (tertiary/aromatic N) is 2. The molecule has 2 aliphatic rings. The first-order valence-electron chi connectivity index (χ1n) is 5.44. The molecular formula is C11H14IN3. The molecule has 2 saturated heterocycles. The van der Waals surface area contributed by atoms with Gasteiger partial charge in [0.15, 0.2) is 0 Å². The predicted octanol–water partition coefficient (Wildman–Crippen LogP) is 1.63. The second-order valence-electron chi connectivity index (χ2n) is 4.38. The number of anilines is 1. The molecule has 1 aromatic heterocycles. The van der Waals surface area contributed by atoms with Crippen LogP contribution in [0.15, 0.2) is 18.3 Å². The number of rotatable bonds is 1. The Bertz CT molecular complexity index is 339. The molecule has 0 aromatic carbocycles. The van der Waals surface area contributed by atoms with Gasteiger partial charge in [0.1, 0.15) is 3.70 Å². The number of pyridine rings is 1. The van der Waals surface area contributed by atoms with E-state index in [4.69, 9.17) is 0 Å². The third-order valence-electron chi connectivity index (χ3n) is 3.29. The highest BCUT2D eigenvalue weighted by Gasteiger charge is 2.32. The van der Waals surface area contributed by atoms with Crippen LogP contribution in [0.1, 0.15) is 12.8 Å². The molecule has 2 aliphatic heterocycles. The molecule has 0 amide bonds. The minimum Gasteiger partial charge on any atom is -0.367 e. The number of hydrogen-bond acceptors (Lipinski definition) is 3. The van der Waals surface area contributed by atoms with E-state index >= 15 is 0 Å². The SMILES string of the molecule is Ic1ccc(N2CC3CCC(C2)N3)cn1. The largest absolute Gasteiger partial charge is 0.367 e. The van der Waals surface area contributed by atoms with Gasteiger partial charge in [-0.3, -0.25) is 0 Å². The normalized spacial score (nSPS) is 29.5. The summed E-state index contributed by atoms with van der Waals surface area (Å²) in [7, 11) is 0. The van der Waals surface area contributed by atoms with Crippen molar-refractivity contribution >= 4 is 28.3 Å². The molecule has 1 aromatic rings. The van der Waals surface area contributed by atoms with E-state index in [1.165, 1.54) is 18.5 Å². The van der Waals surface area contributed by atoms with Gasteiger partial charge in [-0.05, 0) is 47.6 Å². The molecular weight excluding hydrogens is 301 g/mol. The van der Waals surface area contributed by atoms with Crippen LogP contribution in [-0.4, -0.2) is 30.2 Å². The van der Waals surface area contributed by atoms with Crippen LogP contribution in [-0.2, 0) is 0 Å².